The summed E-state index contributed by atoms with van der Waals surface area (Å²) in [6, 6.07) is 8.54. The molecule has 110 valence electrons. The molecule has 2 unspecified atom stereocenters. The molecule has 20 heavy (non-hydrogen) atoms. The predicted octanol–water partition coefficient (Wildman–Crippen LogP) is 4.02. The summed E-state index contributed by atoms with van der Waals surface area (Å²) < 4.78 is 5.94. The summed E-state index contributed by atoms with van der Waals surface area (Å²) in [7, 11) is 0. The highest BCUT2D eigenvalue weighted by Gasteiger charge is 2.27. The summed E-state index contributed by atoms with van der Waals surface area (Å²) in [4.78, 5) is 0. The largest absolute Gasteiger partial charge is 0.393 e. The van der Waals surface area contributed by atoms with E-state index in [1.807, 2.05) is 0 Å². The fraction of sp³-hybridized carbons (Fsp3) is 0.667. The average molecular weight is 274 g/mol. The van der Waals surface area contributed by atoms with Crippen LogP contribution in [0.3, 0.4) is 0 Å². The van der Waals surface area contributed by atoms with E-state index in [-0.39, 0.29) is 12.2 Å². The Bertz CT molecular complexity index is 421. The van der Waals surface area contributed by atoms with Gasteiger partial charge in [-0.1, -0.05) is 49.9 Å². The Morgan fingerprint density at radius 2 is 1.85 bits per heavy atom. The SMILES string of the molecule is OC(CC1OCCc2ccccc21)C1CCCCCC1. The maximum Gasteiger partial charge on any atom is 0.0852 e. The fourth-order valence-corrected chi connectivity index (χ4v) is 3.78. The lowest BCUT2D eigenvalue weighted by Crippen LogP contribution is -2.26. The second-order valence-electron chi connectivity index (χ2n) is 6.36. The summed E-state index contributed by atoms with van der Waals surface area (Å²) in [5.74, 6) is 0.482. The van der Waals surface area contributed by atoms with Gasteiger partial charge in [-0.25, -0.2) is 0 Å². The molecule has 1 saturated carbocycles. The van der Waals surface area contributed by atoms with Crippen LogP contribution < -0.4 is 0 Å². The van der Waals surface area contributed by atoms with Crippen LogP contribution >= 0.6 is 0 Å². The number of aliphatic hydroxyl groups is 1. The molecule has 0 aromatic heterocycles. The van der Waals surface area contributed by atoms with Crippen molar-refractivity contribution in [2.75, 3.05) is 6.61 Å². The third-order valence-corrected chi connectivity index (χ3v) is 4.99. The Labute approximate surface area is 122 Å². The first-order chi connectivity index (χ1) is 9.84. The van der Waals surface area contributed by atoms with Crippen LogP contribution in [0.4, 0.5) is 0 Å². The van der Waals surface area contributed by atoms with Crippen molar-refractivity contribution in [1.29, 1.82) is 0 Å². The molecule has 0 radical (unpaired) electrons. The van der Waals surface area contributed by atoms with E-state index in [1.165, 1.54) is 49.7 Å². The average Bonchev–Trinajstić information content (AvgIpc) is 2.77. The van der Waals surface area contributed by atoms with Gasteiger partial charge in [0.2, 0.25) is 0 Å². The Morgan fingerprint density at radius 1 is 1.10 bits per heavy atom. The van der Waals surface area contributed by atoms with E-state index in [2.05, 4.69) is 24.3 Å². The molecule has 2 heteroatoms. The molecule has 2 nitrogen and oxygen atoms in total. The number of aliphatic hydroxyl groups excluding tert-OH is 1. The Hall–Kier alpha value is -0.860. The van der Waals surface area contributed by atoms with Gasteiger partial charge >= 0.3 is 0 Å². The molecular weight excluding hydrogens is 248 g/mol. The van der Waals surface area contributed by atoms with Crippen molar-refractivity contribution in [1.82, 2.24) is 0 Å². The minimum atomic E-state index is -0.204. The molecule has 1 aromatic carbocycles. The third kappa shape index (κ3) is 3.24. The Morgan fingerprint density at radius 3 is 2.65 bits per heavy atom. The van der Waals surface area contributed by atoms with Crippen molar-refractivity contribution in [3.63, 3.8) is 0 Å². The zero-order chi connectivity index (χ0) is 13.8. The summed E-state index contributed by atoms with van der Waals surface area (Å²) in [6.07, 6.45) is 9.28. The molecule has 1 aromatic rings. The van der Waals surface area contributed by atoms with Gasteiger partial charge in [0.05, 0.1) is 18.8 Å². The minimum Gasteiger partial charge on any atom is -0.393 e. The van der Waals surface area contributed by atoms with Crippen LogP contribution in [-0.2, 0) is 11.2 Å². The molecule has 1 aliphatic carbocycles. The summed E-state index contributed by atoms with van der Waals surface area (Å²) in [6.45, 7) is 0.791. The lowest BCUT2D eigenvalue weighted by atomic mass is 9.87. The predicted molar refractivity (Wildman–Crippen MR) is 80.7 cm³/mol. The van der Waals surface area contributed by atoms with Crippen molar-refractivity contribution in [3.8, 4) is 0 Å². The molecule has 1 heterocycles. The van der Waals surface area contributed by atoms with Gasteiger partial charge in [0.1, 0.15) is 0 Å². The number of hydrogen-bond donors (Lipinski definition) is 1. The molecular formula is C18H26O2. The number of fused-ring (bicyclic) bond motifs is 1. The highest BCUT2D eigenvalue weighted by atomic mass is 16.5. The molecule has 0 amide bonds. The maximum atomic E-state index is 10.6. The smallest absolute Gasteiger partial charge is 0.0852 e. The molecule has 0 bridgehead atoms. The van der Waals surface area contributed by atoms with Gasteiger partial charge in [-0.15, -0.1) is 0 Å². The zero-order valence-corrected chi connectivity index (χ0v) is 12.3. The van der Waals surface area contributed by atoms with Crippen molar-refractivity contribution in [3.05, 3.63) is 35.4 Å². The van der Waals surface area contributed by atoms with Crippen LogP contribution in [0.15, 0.2) is 24.3 Å². The molecule has 3 rings (SSSR count). The van der Waals surface area contributed by atoms with E-state index in [4.69, 9.17) is 4.74 Å². The molecule has 2 atom stereocenters. The molecule has 1 N–H and O–H groups in total. The molecule has 0 spiro atoms. The quantitative estimate of drug-likeness (QED) is 0.844. The monoisotopic (exact) mass is 274 g/mol. The summed E-state index contributed by atoms with van der Waals surface area (Å²) in [5, 5.41) is 10.6. The number of rotatable bonds is 3. The van der Waals surface area contributed by atoms with E-state index < -0.39 is 0 Å². The van der Waals surface area contributed by atoms with E-state index in [0.29, 0.717) is 5.92 Å². The highest BCUT2D eigenvalue weighted by Crippen LogP contribution is 2.34. The first-order valence-electron chi connectivity index (χ1n) is 8.22. The van der Waals surface area contributed by atoms with Crippen molar-refractivity contribution < 1.29 is 9.84 Å². The zero-order valence-electron chi connectivity index (χ0n) is 12.3. The summed E-state index contributed by atoms with van der Waals surface area (Å²) in [5.41, 5.74) is 2.70. The molecule has 2 aliphatic rings. The van der Waals surface area contributed by atoms with Gasteiger partial charge in [-0.2, -0.15) is 0 Å². The van der Waals surface area contributed by atoms with Gasteiger partial charge in [-0.3, -0.25) is 0 Å². The molecule has 0 saturated heterocycles. The molecule has 1 fully saturated rings. The highest BCUT2D eigenvalue weighted by molar-refractivity contribution is 5.30. The minimum absolute atomic E-state index is 0.0956. The van der Waals surface area contributed by atoms with Crippen molar-refractivity contribution >= 4 is 0 Å². The van der Waals surface area contributed by atoms with E-state index >= 15 is 0 Å². The lowest BCUT2D eigenvalue weighted by molar-refractivity contribution is -0.0138. The molecule has 1 aliphatic heterocycles. The third-order valence-electron chi connectivity index (χ3n) is 4.99. The first-order valence-corrected chi connectivity index (χ1v) is 8.22. The van der Waals surface area contributed by atoms with Gasteiger partial charge in [0.15, 0.2) is 0 Å². The van der Waals surface area contributed by atoms with Crippen LogP contribution in [0, 0.1) is 5.92 Å². The number of ether oxygens (including phenoxy) is 1. The van der Waals surface area contributed by atoms with Gasteiger partial charge in [-0.05, 0) is 36.3 Å². The van der Waals surface area contributed by atoms with E-state index in [1.54, 1.807) is 0 Å². The van der Waals surface area contributed by atoms with E-state index in [9.17, 15) is 5.11 Å². The number of benzene rings is 1. The lowest BCUT2D eigenvalue weighted by Gasteiger charge is -2.30. The standard InChI is InChI=1S/C18H26O2/c19-17(15-8-3-1-2-4-9-15)13-18-16-10-6-5-7-14(16)11-12-20-18/h5-7,10,15,17-19H,1-4,8-9,11-13H2. The van der Waals surface area contributed by atoms with Gasteiger partial charge in [0.25, 0.3) is 0 Å². The van der Waals surface area contributed by atoms with Crippen molar-refractivity contribution in [2.24, 2.45) is 5.92 Å². The van der Waals surface area contributed by atoms with Crippen LogP contribution in [0.1, 0.15) is 62.2 Å². The summed E-state index contributed by atoms with van der Waals surface area (Å²) >= 11 is 0. The fourth-order valence-electron chi connectivity index (χ4n) is 3.78. The van der Waals surface area contributed by atoms with Gasteiger partial charge in [0, 0.05) is 6.42 Å². The van der Waals surface area contributed by atoms with E-state index in [0.717, 1.165) is 19.4 Å². The normalized spacial score (nSPS) is 25.8. The Kier molecular flexibility index (Phi) is 4.74. The Balaban J connectivity index is 1.65. The van der Waals surface area contributed by atoms with Crippen LogP contribution in [0.25, 0.3) is 0 Å². The topological polar surface area (TPSA) is 29.5 Å². The number of hydrogen-bond acceptors (Lipinski definition) is 2. The maximum absolute atomic E-state index is 10.6. The van der Waals surface area contributed by atoms with Crippen LogP contribution in [-0.4, -0.2) is 17.8 Å². The van der Waals surface area contributed by atoms with Crippen LogP contribution in [0.5, 0.6) is 0 Å². The first kappa shape index (κ1) is 14.1. The second-order valence-corrected chi connectivity index (χ2v) is 6.36. The van der Waals surface area contributed by atoms with Crippen LogP contribution in [0.2, 0.25) is 0 Å². The van der Waals surface area contributed by atoms with Gasteiger partial charge < -0.3 is 9.84 Å². The second kappa shape index (κ2) is 6.73. The van der Waals surface area contributed by atoms with Crippen molar-refractivity contribution in [2.45, 2.75) is 63.6 Å².